The number of aryl methyl sites for hydroxylation is 1. The van der Waals surface area contributed by atoms with Crippen molar-refractivity contribution in [3.8, 4) is 0 Å². The van der Waals surface area contributed by atoms with Crippen LogP contribution in [0.15, 0.2) is 23.6 Å². The van der Waals surface area contributed by atoms with E-state index in [0.29, 0.717) is 20.7 Å². The predicted molar refractivity (Wildman–Crippen MR) is 86.1 cm³/mol. The molecule has 7 heteroatoms. The molecule has 0 bridgehead atoms. The second kappa shape index (κ2) is 5.05. The van der Waals surface area contributed by atoms with E-state index in [0.717, 1.165) is 15.8 Å². The molecule has 3 aromatic rings. The van der Waals surface area contributed by atoms with Gasteiger partial charge in [-0.1, -0.05) is 11.6 Å². The second-order valence-corrected chi connectivity index (χ2v) is 6.58. The highest BCUT2D eigenvalue weighted by Gasteiger charge is 2.17. The van der Waals surface area contributed by atoms with Crippen LogP contribution in [-0.4, -0.2) is 10.9 Å². The number of nitrogens with two attached hydrogens (primary N) is 1. The molecule has 1 aromatic carbocycles. The van der Waals surface area contributed by atoms with Gasteiger partial charge in [0.1, 0.15) is 4.88 Å². The van der Waals surface area contributed by atoms with Gasteiger partial charge in [-0.3, -0.25) is 10.1 Å². The summed E-state index contributed by atoms with van der Waals surface area (Å²) in [4.78, 5) is 16.9. The van der Waals surface area contributed by atoms with Crippen molar-refractivity contribution in [1.82, 2.24) is 4.98 Å². The van der Waals surface area contributed by atoms with Crippen molar-refractivity contribution in [3.05, 3.63) is 39.2 Å². The molecule has 0 unspecified atom stereocenters. The third kappa shape index (κ3) is 2.37. The van der Waals surface area contributed by atoms with Crippen LogP contribution in [0.25, 0.3) is 10.1 Å². The third-order valence-electron chi connectivity index (χ3n) is 2.73. The van der Waals surface area contributed by atoms with Crippen molar-refractivity contribution in [3.63, 3.8) is 0 Å². The predicted octanol–water partition coefficient (Wildman–Crippen LogP) is 4.15. The summed E-state index contributed by atoms with van der Waals surface area (Å²) in [7, 11) is 0. The standard InChI is InChI=1S/C13H10ClN3OS2/c1-6-5-19-13(16-6)17-12(18)11-10(15)8-4-7(14)2-3-9(8)20-11/h2-5H,15H2,1H3,(H,16,17,18). The number of nitrogen functional groups attached to an aromatic ring is 1. The van der Waals surface area contributed by atoms with E-state index >= 15 is 0 Å². The molecular weight excluding hydrogens is 314 g/mol. The Balaban J connectivity index is 1.97. The van der Waals surface area contributed by atoms with Crippen LogP contribution in [-0.2, 0) is 0 Å². The number of rotatable bonds is 2. The Morgan fingerprint density at radius 3 is 2.95 bits per heavy atom. The molecule has 1 amide bonds. The lowest BCUT2D eigenvalue weighted by atomic mass is 10.2. The first-order valence-corrected chi connectivity index (χ1v) is 7.83. The Bertz CT molecular complexity index is 809. The van der Waals surface area contributed by atoms with Gasteiger partial charge in [-0.15, -0.1) is 22.7 Å². The summed E-state index contributed by atoms with van der Waals surface area (Å²) < 4.78 is 0.937. The highest BCUT2D eigenvalue weighted by Crippen LogP contribution is 2.35. The van der Waals surface area contributed by atoms with E-state index in [1.807, 2.05) is 18.4 Å². The van der Waals surface area contributed by atoms with E-state index in [1.54, 1.807) is 12.1 Å². The smallest absolute Gasteiger partial charge is 0.269 e. The maximum absolute atomic E-state index is 12.3. The van der Waals surface area contributed by atoms with Gasteiger partial charge < -0.3 is 5.73 Å². The minimum atomic E-state index is -0.242. The van der Waals surface area contributed by atoms with Crippen molar-refractivity contribution in [2.75, 3.05) is 11.1 Å². The maximum atomic E-state index is 12.3. The quantitative estimate of drug-likeness (QED) is 0.744. The van der Waals surface area contributed by atoms with Crippen molar-refractivity contribution in [1.29, 1.82) is 0 Å². The fourth-order valence-corrected chi connectivity index (χ4v) is 3.68. The molecule has 102 valence electrons. The summed E-state index contributed by atoms with van der Waals surface area (Å²) in [6.07, 6.45) is 0. The van der Waals surface area contributed by atoms with Crippen LogP contribution in [0.2, 0.25) is 5.02 Å². The van der Waals surface area contributed by atoms with Crippen molar-refractivity contribution >= 4 is 61.1 Å². The van der Waals surface area contributed by atoms with Crippen LogP contribution in [0.5, 0.6) is 0 Å². The van der Waals surface area contributed by atoms with E-state index in [1.165, 1.54) is 22.7 Å². The molecule has 2 aromatic heterocycles. The molecule has 0 aliphatic rings. The van der Waals surface area contributed by atoms with Gasteiger partial charge in [0.2, 0.25) is 0 Å². The molecule has 3 N–H and O–H groups in total. The summed E-state index contributed by atoms with van der Waals surface area (Å²) in [6, 6.07) is 5.42. The minimum Gasteiger partial charge on any atom is -0.397 e. The van der Waals surface area contributed by atoms with Crippen LogP contribution in [0.4, 0.5) is 10.8 Å². The number of hydrogen-bond donors (Lipinski definition) is 2. The number of thiophene rings is 1. The molecule has 0 saturated carbocycles. The average molecular weight is 324 g/mol. The number of nitrogens with one attached hydrogen (secondary N) is 1. The Morgan fingerprint density at radius 1 is 1.45 bits per heavy atom. The third-order valence-corrected chi connectivity index (χ3v) is 5.03. The highest BCUT2D eigenvalue weighted by atomic mass is 35.5. The molecule has 0 radical (unpaired) electrons. The van der Waals surface area contributed by atoms with Crippen molar-refractivity contribution < 1.29 is 4.79 Å². The van der Waals surface area contributed by atoms with Crippen molar-refractivity contribution in [2.24, 2.45) is 0 Å². The Kier molecular flexibility index (Phi) is 3.37. The topological polar surface area (TPSA) is 68.0 Å². The summed E-state index contributed by atoms with van der Waals surface area (Å²) in [5.41, 5.74) is 7.37. The number of aromatic nitrogens is 1. The zero-order valence-corrected chi connectivity index (χ0v) is 12.8. The molecule has 0 spiro atoms. The Hall–Kier alpha value is -1.63. The van der Waals surface area contributed by atoms with Crippen LogP contribution >= 0.6 is 34.3 Å². The van der Waals surface area contributed by atoms with E-state index in [4.69, 9.17) is 17.3 Å². The SMILES string of the molecule is Cc1csc(NC(=O)c2sc3ccc(Cl)cc3c2N)n1. The normalized spacial score (nSPS) is 10.9. The van der Waals surface area contributed by atoms with Crippen LogP contribution in [0.3, 0.4) is 0 Å². The number of thiazole rings is 1. The number of amides is 1. The van der Waals surface area contributed by atoms with Gasteiger partial charge in [0, 0.05) is 20.5 Å². The molecular formula is C13H10ClN3OS2. The number of carbonyl (C=O) groups excluding carboxylic acids is 1. The maximum Gasteiger partial charge on any atom is 0.269 e. The van der Waals surface area contributed by atoms with Gasteiger partial charge in [-0.05, 0) is 25.1 Å². The Morgan fingerprint density at radius 2 is 2.25 bits per heavy atom. The fraction of sp³-hybridized carbons (Fsp3) is 0.0769. The monoisotopic (exact) mass is 323 g/mol. The van der Waals surface area contributed by atoms with E-state index in [-0.39, 0.29) is 5.91 Å². The fourth-order valence-electron chi connectivity index (χ4n) is 1.82. The molecule has 0 saturated heterocycles. The first-order chi connectivity index (χ1) is 9.54. The highest BCUT2D eigenvalue weighted by molar-refractivity contribution is 7.21. The first kappa shape index (κ1) is 13.4. The molecule has 4 nitrogen and oxygen atoms in total. The van der Waals surface area contributed by atoms with Gasteiger partial charge in [-0.25, -0.2) is 4.98 Å². The zero-order valence-electron chi connectivity index (χ0n) is 10.4. The molecule has 0 aliphatic heterocycles. The van der Waals surface area contributed by atoms with Crippen LogP contribution in [0.1, 0.15) is 15.4 Å². The van der Waals surface area contributed by atoms with Gasteiger partial charge in [-0.2, -0.15) is 0 Å². The number of benzene rings is 1. The van der Waals surface area contributed by atoms with Crippen LogP contribution < -0.4 is 11.1 Å². The lowest BCUT2D eigenvalue weighted by Crippen LogP contribution is -2.11. The number of nitrogens with zero attached hydrogens (tertiary/aromatic N) is 1. The Labute approximate surface area is 128 Å². The second-order valence-electron chi connectivity index (χ2n) is 4.23. The number of halogens is 1. The number of carbonyl (C=O) groups is 1. The zero-order chi connectivity index (χ0) is 14.3. The van der Waals surface area contributed by atoms with Gasteiger partial charge in [0.05, 0.1) is 11.4 Å². The van der Waals surface area contributed by atoms with Gasteiger partial charge in [0.25, 0.3) is 5.91 Å². The lowest BCUT2D eigenvalue weighted by Gasteiger charge is -2.00. The molecule has 20 heavy (non-hydrogen) atoms. The molecule has 0 aliphatic carbocycles. The molecule has 0 fully saturated rings. The number of fused-ring (bicyclic) bond motifs is 1. The van der Waals surface area contributed by atoms with E-state index < -0.39 is 0 Å². The number of hydrogen-bond acceptors (Lipinski definition) is 5. The molecule has 3 rings (SSSR count). The minimum absolute atomic E-state index is 0.242. The lowest BCUT2D eigenvalue weighted by molar-refractivity contribution is 0.103. The molecule has 2 heterocycles. The largest absolute Gasteiger partial charge is 0.397 e. The van der Waals surface area contributed by atoms with Gasteiger partial charge >= 0.3 is 0 Å². The summed E-state index contributed by atoms with van der Waals surface area (Å²) in [5.74, 6) is -0.242. The number of anilines is 2. The summed E-state index contributed by atoms with van der Waals surface area (Å²) in [6.45, 7) is 1.88. The van der Waals surface area contributed by atoms with E-state index in [9.17, 15) is 4.79 Å². The van der Waals surface area contributed by atoms with E-state index in [2.05, 4.69) is 10.3 Å². The summed E-state index contributed by atoms with van der Waals surface area (Å²) >= 11 is 8.69. The van der Waals surface area contributed by atoms with Crippen LogP contribution in [0, 0.1) is 6.92 Å². The first-order valence-electron chi connectivity index (χ1n) is 5.75. The average Bonchev–Trinajstić information content (AvgIpc) is 2.94. The van der Waals surface area contributed by atoms with Crippen molar-refractivity contribution in [2.45, 2.75) is 6.92 Å². The summed E-state index contributed by atoms with van der Waals surface area (Å²) in [5, 5.41) is 6.62. The molecule has 0 atom stereocenters. The van der Waals surface area contributed by atoms with Gasteiger partial charge in [0.15, 0.2) is 5.13 Å².